The zero-order valence-corrected chi connectivity index (χ0v) is 31.7. The number of hydrogen-bond donors (Lipinski definition) is 0. The van der Waals surface area contributed by atoms with E-state index in [-0.39, 0.29) is 12.6 Å². The lowest BCUT2D eigenvalue weighted by Crippen LogP contribution is -2.27. The van der Waals surface area contributed by atoms with Crippen LogP contribution in [0.15, 0.2) is 0 Å². The number of carbonyl (C=O) groups excluding carboxylic acids is 1. The molecule has 0 rings (SSSR count). The Morgan fingerprint density at radius 2 is 0.604 bits per heavy atom. The molecule has 0 fully saturated rings. The molecule has 0 N–H and O–H groups in total. The van der Waals surface area contributed by atoms with Crippen molar-refractivity contribution in [2.45, 2.75) is 136 Å². The lowest BCUT2D eigenvalue weighted by Gasteiger charge is -2.19. The van der Waals surface area contributed by atoms with Gasteiger partial charge in [0, 0.05) is 6.61 Å². The van der Waals surface area contributed by atoms with Crippen LogP contribution in [0.2, 0.25) is 0 Å². The Kier molecular flexibility index (Phi) is 38.3. The fraction of sp³-hybridized carbons (Fsp3) is 0.974. The molecule has 0 atom stereocenters. The Labute approximate surface area is 294 Å². The van der Waals surface area contributed by atoms with Crippen LogP contribution < -0.4 is 0 Å². The second kappa shape index (κ2) is 38.9. The third-order valence-corrected chi connectivity index (χ3v) is 7.39. The number of carbonyl (C=O) groups is 1. The largest absolute Gasteiger partial charge is 0.458 e. The van der Waals surface area contributed by atoms with Gasteiger partial charge in [0.1, 0.15) is 12.2 Å². The van der Waals surface area contributed by atoms with Gasteiger partial charge in [-0.25, -0.2) is 4.79 Å². The van der Waals surface area contributed by atoms with E-state index >= 15 is 0 Å². The molecule has 0 amide bonds. The molecule has 0 aliphatic rings. The maximum Gasteiger partial charge on any atom is 0.332 e. The molecule has 0 aromatic rings. The number of ether oxygens (including phenoxy) is 9. The third-order valence-electron chi connectivity index (χ3n) is 7.39. The van der Waals surface area contributed by atoms with Gasteiger partial charge in [0.05, 0.1) is 92.5 Å². The van der Waals surface area contributed by atoms with E-state index in [1.165, 1.54) is 96.3 Å². The SMILES string of the molecule is CCCCCCCCCCCCCCCCCCOCCOCCOCCOCCOCCOCCOCCOCC(=O)OC(C)(C)C. The highest BCUT2D eigenvalue weighted by Gasteiger charge is 2.15. The van der Waals surface area contributed by atoms with E-state index in [9.17, 15) is 4.79 Å². The minimum Gasteiger partial charge on any atom is -0.458 e. The second-order valence-electron chi connectivity index (χ2n) is 13.2. The van der Waals surface area contributed by atoms with Crippen LogP contribution in [-0.2, 0) is 47.4 Å². The standard InChI is InChI=1S/C38H76O10/c1-5-6-7-8-9-10-11-12-13-14-15-16-17-18-19-20-21-40-22-23-41-24-25-42-26-27-43-28-29-44-30-31-45-32-33-46-34-35-47-36-37(39)48-38(2,3)4/h5-36H2,1-4H3. The van der Waals surface area contributed by atoms with Crippen molar-refractivity contribution < 1.29 is 47.4 Å². The fourth-order valence-electron chi connectivity index (χ4n) is 4.82. The van der Waals surface area contributed by atoms with E-state index in [2.05, 4.69) is 6.92 Å². The number of rotatable bonds is 40. The van der Waals surface area contributed by atoms with E-state index in [0.717, 1.165) is 13.0 Å². The monoisotopic (exact) mass is 693 g/mol. The quantitative estimate of drug-likeness (QED) is 0.0469. The van der Waals surface area contributed by atoms with Crippen molar-refractivity contribution in [1.29, 1.82) is 0 Å². The normalized spacial score (nSPS) is 11.8. The molecule has 10 nitrogen and oxygen atoms in total. The maximum atomic E-state index is 11.5. The van der Waals surface area contributed by atoms with Gasteiger partial charge in [0.25, 0.3) is 0 Å². The summed E-state index contributed by atoms with van der Waals surface area (Å²) < 4.78 is 49.0. The molecule has 10 heteroatoms. The first-order chi connectivity index (χ1) is 23.5. The highest BCUT2D eigenvalue weighted by molar-refractivity contribution is 5.71. The summed E-state index contributed by atoms with van der Waals surface area (Å²) in [5.41, 5.74) is -0.503. The molecular weight excluding hydrogens is 616 g/mol. The van der Waals surface area contributed by atoms with Crippen LogP contribution in [0, 0.1) is 0 Å². The van der Waals surface area contributed by atoms with E-state index in [1.54, 1.807) is 0 Å². The topological polar surface area (TPSA) is 100 Å². The molecule has 0 saturated carbocycles. The van der Waals surface area contributed by atoms with Crippen molar-refractivity contribution in [3.8, 4) is 0 Å². The van der Waals surface area contributed by atoms with Crippen molar-refractivity contribution in [3.63, 3.8) is 0 Å². The first kappa shape index (κ1) is 47.1. The number of hydrogen-bond acceptors (Lipinski definition) is 10. The summed E-state index contributed by atoms with van der Waals surface area (Å²) >= 11 is 0. The molecule has 288 valence electrons. The number of esters is 1. The van der Waals surface area contributed by atoms with Crippen LogP contribution in [0.4, 0.5) is 0 Å². The minimum atomic E-state index is -0.503. The predicted molar refractivity (Wildman–Crippen MR) is 192 cm³/mol. The van der Waals surface area contributed by atoms with Gasteiger partial charge < -0.3 is 42.6 Å². The van der Waals surface area contributed by atoms with Gasteiger partial charge in [0.2, 0.25) is 0 Å². The molecule has 0 aliphatic carbocycles. The lowest BCUT2D eigenvalue weighted by atomic mass is 10.0. The lowest BCUT2D eigenvalue weighted by molar-refractivity contribution is -0.160. The summed E-state index contributed by atoms with van der Waals surface area (Å²) in [6.45, 7) is 15.6. The molecule has 0 unspecified atom stereocenters. The summed E-state index contributed by atoms with van der Waals surface area (Å²) in [6.07, 6.45) is 22.2. The van der Waals surface area contributed by atoms with Crippen molar-refractivity contribution in [2.24, 2.45) is 0 Å². The van der Waals surface area contributed by atoms with Crippen LogP contribution in [0.3, 0.4) is 0 Å². The highest BCUT2D eigenvalue weighted by Crippen LogP contribution is 2.13. The maximum absolute atomic E-state index is 11.5. The van der Waals surface area contributed by atoms with Crippen molar-refractivity contribution in [1.82, 2.24) is 0 Å². The van der Waals surface area contributed by atoms with E-state index in [4.69, 9.17) is 42.6 Å². The molecule has 0 radical (unpaired) electrons. The summed E-state index contributed by atoms with van der Waals surface area (Å²) in [7, 11) is 0. The minimum absolute atomic E-state index is 0.0734. The molecular formula is C38H76O10. The molecule has 0 bridgehead atoms. The van der Waals surface area contributed by atoms with Gasteiger partial charge in [0.15, 0.2) is 0 Å². The summed E-state index contributed by atoms with van der Waals surface area (Å²) in [5.74, 6) is -0.377. The van der Waals surface area contributed by atoms with Gasteiger partial charge in [-0.1, -0.05) is 103 Å². The van der Waals surface area contributed by atoms with E-state index < -0.39 is 5.60 Å². The number of unbranched alkanes of at least 4 members (excludes halogenated alkanes) is 15. The zero-order chi connectivity index (χ0) is 35.1. The summed E-state index contributed by atoms with van der Waals surface area (Å²) in [6, 6.07) is 0. The van der Waals surface area contributed by atoms with Crippen LogP contribution in [0.25, 0.3) is 0 Å². The van der Waals surface area contributed by atoms with Gasteiger partial charge in [-0.2, -0.15) is 0 Å². The average Bonchev–Trinajstić information content (AvgIpc) is 3.05. The van der Waals surface area contributed by atoms with E-state index in [0.29, 0.717) is 92.5 Å². The van der Waals surface area contributed by atoms with Crippen molar-refractivity contribution >= 4 is 5.97 Å². The molecule has 0 aromatic carbocycles. The van der Waals surface area contributed by atoms with Crippen LogP contribution in [0.1, 0.15) is 130 Å². The molecule has 0 heterocycles. The smallest absolute Gasteiger partial charge is 0.332 e. The second-order valence-corrected chi connectivity index (χ2v) is 13.2. The molecule has 0 spiro atoms. The first-order valence-corrected chi connectivity index (χ1v) is 19.3. The van der Waals surface area contributed by atoms with Gasteiger partial charge in [-0.3, -0.25) is 0 Å². The van der Waals surface area contributed by atoms with Gasteiger partial charge in [-0.15, -0.1) is 0 Å². The first-order valence-electron chi connectivity index (χ1n) is 19.3. The van der Waals surface area contributed by atoms with Crippen LogP contribution in [0.5, 0.6) is 0 Å². The van der Waals surface area contributed by atoms with Crippen LogP contribution >= 0.6 is 0 Å². The molecule has 48 heavy (non-hydrogen) atoms. The molecule has 0 aromatic heterocycles. The Balaban J connectivity index is 3.09. The van der Waals surface area contributed by atoms with Crippen molar-refractivity contribution in [2.75, 3.05) is 106 Å². The van der Waals surface area contributed by atoms with Crippen LogP contribution in [-0.4, -0.2) is 117 Å². The Bertz CT molecular complexity index is 629. The van der Waals surface area contributed by atoms with E-state index in [1.807, 2.05) is 20.8 Å². The average molecular weight is 693 g/mol. The molecule has 0 saturated heterocycles. The van der Waals surface area contributed by atoms with Gasteiger partial charge >= 0.3 is 5.97 Å². The summed E-state index contributed by atoms with van der Waals surface area (Å²) in [5, 5.41) is 0. The predicted octanol–water partition coefficient (Wildman–Crippen LogP) is 7.72. The third kappa shape index (κ3) is 43.2. The van der Waals surface area contributed by atoms with Crippen molar-refractivity contribution in [3.05, 3.63) is 0 Å². The zero-order valence-electron chi connectivity index (χ0n) is 31.7. The Hall–Kier alpha value is -0.850. The highest BCUT2D eigenvalue weighted by atomic mass is 16.6. The van der Waals surface area contributed by atoms with Gasteiger partial charge in [-0.05, 0) is 27.2 Å². The fourth-order valence-corrected chi connectivity index (χ4v) is 4.82. The molecule has 0 aliphatic heterocycles. The summed E-state index contributed by atoms with van der Waals surface area (Å²) in [4.78, 5) is 11.5. The Morgan fingerprint density at radius 3 is 0.896 bits per heavy atom. The Morgan fingerprint density at radius 1 is 0.354 bits per heavy atom.